The molecule has 82 heavy (non-hydrogen) atoms. The second-order valence-electron chi connectivity index (χ2n) is 18.4. The van der Waals surface area contributed by atoms with Gasteiger partial charge in [0.25, 0.3) is 0 Å². The summed E-state index contributed by atoms with van der Waals surface area (Å²) >= 11 is 1.99. The monoisotopic (exact) mass is 1320 g/mol. The Morgan fingerprint density at radius 3 is 1.20 bits per heavy atom. The van der Waals surface area contributed by atoms with Crippen LogP contribution in [0.5, 0.6) is 0 Å². The summed E-state index contributed by atoms with van der Waals surface area (Å²) < 4.78 is 23.7. The SMILES string of the molecule is CSSC[C@@H](C=O)NI.NC(=O)CNC(=O)COCCOCCNC(=O)COCCOCCNC(=O)CCC(NC(=O)CCC(NC(=O)CCC(NC(=O)CCCCCCCCCCCCCCCCC(=O)O)C(=O)O)C(=O)O)C(=O)O. The highest BCUT2D eigenvalue weighted by Crippen LogP contribution is 2.17. The summed E-state index contributed by atoms with van der Waals surface area (Å²) in [7, 11) is 3.36. The quantitative estimate of drug-likeness (QED) is 0.0136. The molecule has 0 bridgehead atoms. The molecule has 0 aliphatic carbocycles. The molecular weight excluding hydrogens is 1240 g/mol. The standard InChI is InChI=1S/C47H81N7O19.C4H8INOS2/c48-37(55)31-51-43(61)33-73-30-28-71-26-24-50-42(60)32-72-29-27-70-25-23-49-38(56)20-17-34(45(64)65)53-40(58)22-19-36(47(68)69)54-41(59)21-18-35(46(66)67)52-39(57)15-13-11-9-7-5-3-1-2-4-6-8-10-12-14-16-44(62)63;1-8-9-3-4(2-7)6-5/h34-36H,1-33H2,(H2,48,55)(H,49,56)(H,50,60)(H,51,61)(H,52,57)(H,53,58)(H,54,59)(H,62,63)(H,64,65)(H,66,67)(H,68,69);2,4,6H,3H2,1H3/t;4-/m.1/s1. The minimum Gasteiger partial charge on any atom is -0.481 e. The van der Waals surface area contributed by atoms with E-state index in [4.69, 9.17) is 29.8 Å². The number of primary amides is 1. The Labute approximate surface area is 501 Å². The number of ether oxygens (including phenoxy) is 4. The fourth-order valence-corrected chi connectivity index (χ4v) is 8.95. The van der Waals surface area contributed by atoms with E-state index in [1.165, 1.54) is 19.3 Å². The van der Waals surface area contributed by atoms with Crippen molar-refractivity contribution in [2.75, 3.05) is 84.5 Å². The van der Waals surface area contributed by atoms with Crippen LogP contribution in [0.15, 0.2) is 0 Å². The summed E-state index contributed by atoms with van der Waals surface area (Å²) in [6, 6.07) is -4.44. The number of carboxylic acid groups (broad SMARTS) is 4. The van der Waals surface area contributed by atoms with Crippen LogP contribution >= 0.6 is 44.5 Å². The van der Waals surface area contributed by atoms with Gasteiger partial charge in [0.1, 0.15) is 37.6 Å². The number of hydrogen-bond donors (Lipinski definition) is 12. The van der Waals surface area contributed by atoms with Crippen LogP contribution in [0.3, 0.4) is 0 Å². The molecule has 0 saturated carbocycles. The lowest BCUT2D eigenvalue weighted by atomic mass is 10.0. The van der Waals surface area contributed by atoms with E-state index in [0.717, 1.165) is 76.2 Å². The predicted octanol–water partition coefficient (Wildman–Crippen LogP) is 1.77. The number of unbranched alkanes of at least 4 members (excludes halogenated alkanes) is 13. The third kappa shape index (κ3) is 53.1. The summed E-state index contributed by atoms with van der Waals surface area (Å²) in [4.78, 5) is 140. The average Bonchev–Trinajstić information content (AvgIpc) is 3.43. The number of aldehydes is 1. The van der Waals surface area contributed by atoms with Crippen LogP contribution < -0.4 is 41.2 Å². The molecule has 0 aliphatic rings. The molecular formula is C51H89IN8O20S2. The van der Waals surface area contributed by atoms with Crippen LogP contribution in [0.2, 0.25) is 0 Å². The number of carbonyl (C=O) groups is 12. The van der Waals surface area contributed by atoms with Gasteiger partial charge in [-0.3, -0.25) is 38.4 Å². The van der Waals surface area contributed by atoms with Gasteiger partial charge in [0.05, 0.1) is 52.2 Å². The molecule has 0 fully saturated rings. The van der Waals surface area contributed by atoms with E-state index < -0.39 is 103 Å². The molecule has 472 valence electrons. The van der Waals surface area contributed by atoms with Crippen LogP contribution in [-0.4, -0.2) is 201 Å². The van der Waals surface area contributed by atoms with Crippen molar-refractivity contribution in [3.63, 3.8) is 0 Å². The summed E-state index contributed by atoms with van der Waals surface area (Å²) in [6.07, 6.45) is 15.2. The molecule has 31 heteroatoms. The van der Waals surface area contributed by atoms with E-state index in [1.54, 1.807) is 21.6 Å². The molecule has 0 aromatic carbocycles. The molecule has 0 saturated heterocycles. The van der Waals surface area contributed by atoms with Crippen molar-refractivity contribution in [2.45, 2.75) is 165 Å². The van der Waals surface area contributed by atoms with Crippen LogP contribution in [0.25, 0.3) is 0 Å². The number of nitrogens with one attached hydrogen (secondary N) is 7. The zero-order valence-corrected chi connectivity index (χ0v) is 50.8. The number of amides is 7. The molecule has 0 aromatic rings. The summed E-state index contributed by atoms with van der Waals surface area (Å²) in [6.45, 7) is 0.194. The first-order valence-corrected chi connectivity index (χ1v) is 31.2. The highest BCUT2D eigenvalue weighted by atomic mass is 127. The first-order valence-electron chi connectivity index (χ1n) is 27.4. The van der Waals surface area contributed by atoms with Gasteiger partial charge < -0.3 is 81.8 Å². The number of rotatable bonds is 55. The van der Waals surface area contributed by atoms with E-state index in [-0.39, 0.29) is 111 Å². The highest BCUT2D eigenvalue weighted by Gasteiger charge is 2.26. The van der Waals surface area contributed by atoms with Gasteiger partial charge in [0, 0.05) is 73.8 Å². The minimum atomic E-state index is -1.57. The molecule has 0 rings (SSSR count). The first-order chi connectivity index (χ1) is 39.2. The molecule has 13 N–H and O–H groups in total. The Morgan fingerprint density at radius 2 is 0.829 bits per heavy atom. The smallest absolute Gasteiger partial charge is 0.326 e. The van der Waals surface area contributed by atoms with Gasteiger partial charge in [-0.05, 0) is 38.4 Å². The van der Waals surface area contributed by atoms with Crippen molar-refractivity contribution in [2.24, 2.45) is 5.73 Å². The maximum atomic E-state index is 12.6. The van der Waals surface area contributed by atoms with Crippen molar-refractivity contribution in [3.05, 3.63) is 0 Å². The number of aliphatic carboxylic acids is 4. The van der Waals surface area contributed by atoms with Crippen LogP contribution in [-0.2, 0) is 76.5 Å². The van der Waals surface area contributed by atoms with Gasteiger partial charge in [0.2, 0.25) is 41.4 Å². The minimum absolute atomic E-state index is 0.00282. The maximum Gasteiger partial charge on any atom is 0.326 e. The molecule has 7 amide bonds. The summed E-state index contributed by atoms with van der Waals surface area (Å²) in [5.74, 6) is -8.47. The zero-order chi connectivity index (χ0) is 61.6. The van der Waals surface area contributed by atoms with Crippen LogP contribution in [0.1, 0.15) is 141 Å². The predicted molar refractivity (Wildman–Crippen MR) is 312 cm³/mol. The van der Waals surface area contributed by atoms with Crippen molar-refractivity contribution < 1.29 is 96.9 Å². The van der Waals surface area contributed by atoms with Gasteiger partial charge in [0.15, 0.2) is 0 Å². The zero-order valence-electron chi connectivity index (χ0n) is 47.0. The number of carboxylic acids is 4. The highest BCUT2D eigenvalue weighted by molar-refractivity contribution is 14.1. The fraction of sp³-hybridized carbons (Fsp3) is 0.765. The lowest BCUT2D eigenvalue weighted by Gasteiger charge is -2.18. The van der Waals surface area contributed by atoms with E-state index in [0.29, 0.717) is 6.42 Å². The van der Waals surface area contributed by atoms with E-state index >= 15 is 0 Å². The normalized spacial score (nSPS) is 12.2. The second kappa shape index (κ2) is 55.3. The largest absolute Gasteiger partial charge is 0.481 e. The van der Waals surface area contributed by atoms with E-state index in [9.17, 15) is 72.9 Å². The van der Waals surface area contributed by atoms with Crippen molar-refractivity contribution in [1.82, 2.24) is 35.4 Å². The van der Waals surface area contributed by atoms with E-state index in [2.05, 4.69) is 35.4 Å². The molecule has 0 spiro atoms. The Bertz CT molecular complexity index is 1870. The molecule has 4 atom stereocenters. The van der Waals surface area contributed by atoms with E-state index in [1.807, 2.05) is 29.1 Å². The number of hydrogen-bond acceptors (Lipinski definition) is 19. The van der Waals surface area contributed by atoms with Crippen molar-refractivity contribution in [1.29, 1.82) is 0 Å². The molecule has 28 nitrogen and oxygen atoms in total. The summed E-state index contributed by atoms with van der Waals surface area (Å²) in [5, 5.41) is 51.7. The molecule has 0 aliphatic heterocycles. The Morgan fingerprint density at radius 1 is 0.476 bits per heavy atom. The van der Waals surface area contributed by atoms with Crippen molar-refractivity contribution >= 4 is 116 Å². The number of halogens is 1. The van der Waals surface area contributed by atoms with Gasteiger partial charge in [-0.1, -0.05) is 98.6 Å². The average molecular weight is 1330 g/mol. The lowest BCUT2D eigenvalue weighted by Crippen LogP contribution is -2.45. The van der Waals surface area contributed by atoms with Gasteiger partial charge in [-0.25, -0.2) is 17.9 Å². The van der Waals surface area contributed by atoms with Gasteiger partial charge in [-0.2, -0.15) is 0 Å². The molecule has 0 aromatic heterocycles. The van der Waals surface area contributed by atoms with Gasteiger partial charge >= 0.3 is 23.9 Å². The lowest BCUT2D eigenvalue weighted by molar-refractivity contribution is -0.144. The summed E-state index contributed by atoms with van der Waals surface area (Å²) in [5.41, 5.74) is 4.92. The van der Waals surface area contributed by atoms with Crippen LogP contribution in [0, 0.1) is 0 Å². The Hall–Kier alpha value is -4.93. The Kier molecular flexibility index (Phi) is 53.3. The second-order valence-corrected chi connectivity index (χ2v) is 21.6. The molecule has 3 unspecified atom stereocenters. The van der Waals surface area contributed by atoms with Gasteiger partial charge in [-0.15, -0.1) is 0 Å². The van der Waals surface area contributed by atoms with Crippen molar-refractivity contribution in [3.8, 4) is 0 Å². The molecule has 0 heterocycles. The third-order valence-electron chi connectivity index (χ3n) is 11.4. The third-order valence-corrected chi connectivity index (χ3v) is 14.0. The first kappa shape index (κ1) is 79.1. The maximum absolute atomic E-state index is 12.6. The Balaban J connectivity index is 0. The molecule has 0 radical (unpaired) electrons. The van der Waals surface area contributed by atoms with Crippen LogP contribution in [0.4, 0.5) is 0 Å². The number of carbonyl (C=O) groups excluding carboxylic acids is 8. The number of nitrogens with two attached hydrogens (primary N) is 1. The fourth-order valence-electron chi connectivity index (χ4n) is 6.99. The topological polar surface area (TPSA) is 433 Å².